The minimum absolute atomic E-state index is 0.0405. The molecule has 2 aromatic carbocycles. The standard InChI is InChI=1S/C24H25ClFN3O5/c1-4-31-19-9-14(10-20(32-5-2)22(19)33-6-3)24-27-23(28-34-24)15-11-21(30)29(13-15)16-7-8-18(26)17(25)12-16/h7-10,12,15H,4-6,11,13H2,1-3H3. The van der Waals surface area contributed by atoms with Crippen LogP contribution in [0.5, 0.6) is 17.2 Å². The van der Waals surface area contributed by atoms with E-state index in [1.54, 1.807) is 17.0 Å². The fourth-order valence-corrected chi connectivity index (χ4v) is 3.99. The molecule has 0 radical (unpaired) electrons. The topological polar surface area (TPSA) is 86.9 Å². The molecule has 180 valence electrons. The third-order valence-electron chi connectivity index (χ3n) is 5.30. The minimum Gasteiger partial charge on any atom is -0.490 e. The maximum Gasteiger partial charge on any atom is 0.258 e. The zero-order valence-corrected chi connectivity index (χ0v) is 19.9. The van der Waals surface area contributed by atoms with Gasteiger partial charge in [0.2, 0.25) is 11.7 Å². The fourth-order valence-electron chi connectivity index (χ4n) is 3.81. The van der Waals surface area contributed by atoms with Crippen LogP contribution < -0.4 is 19.1 Å². The zero-order valence-electron chi connectivity index (χ0n) is 19.1. The molecule has 0 bridgehead atoms. The van der Waals surface area contributed by atoms with Crippen molar-refractivity contribution < 1.29 is 27.9 Å². The van der Waals surface area contributed by atoms with Gasteiger partial charge in [-0.25, -0.2) is 4.39 Å². The molecule has 8 nitrogen and oxygen atoms in total. The van der Waals surface area contributed by atoms with Crippen molar-refractivity contribution in [3.8, 4) is 28.7 Å². The van der Waals surface area contributed by atoms with Crippen molar-refractivity contribution in [2.75, 3.05) is 31.3 Å². The Labute approximate surface area is 201 Å². The molecule has 1 fully saturated rings. The van der Waals surface area contributed by atoms with Crippen LogP contribution in [0.25, 0.3) is 11.5 Å². The second-order valence-electron chi connectivity index (χ2n) is 7.56. The highest BCUT2D eigenvalue weighted by atomic mass is 35.5. The highest BCUT2D eigenvalue weighted by Gasteiger charge is 2.35. The molecule has 1 aliphatic rings. The summed E-state index contributed by atoms with van der Waals surface area (Å²) in [6, 6.07) is 7.72. The van der Waals surface area contributed by atoms with Gasteiger partial charge in [0.1, 0.15) is 5.82 Å². The van der Waals surface area contributed by atoms with E-state index in [9.17, 15) is 9.18 Å². The van der Waals surface area contributed by atoms with Gasteiger partial charge in [0.05, 0.1) is 24.8 Å². The van der Waals surface area contributed by atoms with E-state index >= 15 is 0 Å². The molecule has 0 saturated carbocycles. The Bertz CT molecular complexity index is 1160. The van der Waals surface area contributed by atoms with E-state index in [1.165, 1.54) is 18.2 Å². The summed E-state index contributed by atoms with van der Waals surface area (Å²) in [4.78, 5) is 18.7. The Hall–Kier alpha value is -3.33. The molecule has 1 aliphatic heterocycles. The van der Waals surface area contributed by atoms with E-state index in [1.807, 2.05) is 20.8 Å². The number of carbonyl (C=O) groups is 1. The smallest absolute Gasteiger partial charge is 0.258 e. The van der Waals surface area contributed by atoms with Crippen LogP contribution in [-0.4, -0.2) is 42.4 Å². The van der Waals surface area contributed by atoms with E-state index in [4.69, 9.17) is 30.3 Å². The summed E-state index contributed by atoms with van der Waals surface area (Å²) in [5.74, 6) is 1.28. The predicted octanol–water partition coefficient (Wildman–Crippen LogP) is 5.25. The van der Waals surface area contributed by atoms with E-state index in [2.05, 4.69) is 10.1 Å². The lowest BCUT2D eigenvalue weighted by Crippen LogP contribution is -2.24. The summed E-state index contributed by atoms with van der Waals surface area (Å²) >= 11 is 5.88. The third kappa shape index (κ3) is 4.79. The molecule has 0 N–H and O–H groups in total. The molecule has 10 heteroatoms. The number of benzene rings is 2. The third-order valence-corrected chi connectivity index (χ3v) is 5.59. The average Bonchev–Trinajstić information content (AvgIpc) is 3.45. The van der Waals surface area contributed by atoms with E-state index in [0.29, 0.717) is 60.7 Å². The maximum atomic E-state index is 13.5. The largest absolute Gasteiger partial charge is 0.490 e. The Morgan fingerprint density at radius 1 is 1.09 bits per heavy atom. The molecule has 1 aromatic heterocycles. The van der Waals surface area contributed by atoms with Gasteiger partial charge >= 0.3 is 0 Å². The molecule has 4 rings (SSSR count). The normalized spacial score (nSPS) is 15.6. The number of aromatic nitrogens is 2. The van der Waals surface area contributed by atoms with Gasteiger partial charge in [0, 0.05) is 30.1 Å². The van der Waals surface area contributed by atoms with Crippen molar-refractivity contribution in [2.24, 2.45) is 0 Å². The number of carbonyl (C=O) groups excluding carboxylic acids is 1. The summed E-state index contributed by atoms with van der Waals surface area (Å²) in [5, 5.41) is 4.07. The van der Waals surface area contributed by atoms with E-state index < -0.39 is 5.82 Å². The van der Waals surface area contributed by atoms with Gasteiger partial charge in [-0.15, -0.1) is 0 Å². The Morgan fingerprint density at radius 3 is 2.38 bits per heavy atom. The fraction of sp³-hybridized carbons (Fsp3) is 0.375. The van der Waals surface area contributed by atoms with Crippen LogP contribution in [0, 0.1) is 5.82 Å². The van der Waals surface area contributed by atoms with Crippen molar-refractivity contribution >= 4 is 23.2 Å². The highest BCUT2D eigenvalue weighted by molar-refractivity contribution is 6.31. The van der Waals surface area contributed by atoms with Gasteiger partial charge in [0.25, 0.3) is 5.89 Å². The van der Waals surface area contributed by atoms with Gasteiger partial charge in [0.15, 0.2) is 17.3 Å². The van der Waals surface area contributed by atoms with Gasteiger partial charge in [-0.05, 0) is 51.1 Å². The molecular formula is C24H25ClFN3O5. The summed E-state index contributed by atoms with van der Waals surface area (Å²) in [6.07, 6.45) is 0.200. The van der Waals surface area contributed by atoms with Gasteiger partial charge in [-0.2, -0.15) is 4.98 Å². The van der Waals surface area contributed by atoms with Crippen LogP contribution in [0.15, 0.2) is 34.9 Å². The lowest BCUT2D eigenvalue weighted by Gasteiger charge is -2.16. The first-order valence-corrected chi connectivity index (χ1v) is 11.5. The number of hydrogen-bond donors (Lipinski definition) is 0. The molecule has 1 unspecified atom stereocenters. The monoisotopic (exact) mass is 489 g/mol. The van der Waals surface area contributed by atoms with Gasteiger partial charge in [-0.1, -0.05) is 16.8 Å². The number of nitrogens with zero attached hydrogens (tertiary/aromatic N) is 3. The van der Waals surface area contributed by atoms with E-state index in [0.717, 1.165) is 0 Å². The predicted molar refractivity (Wildman–Crippen MR) is 124 cm³/mol. The molecule has 1 saturated heterocycles. The number of anilines is 1. The van der Waals surface area contributed by atoms with Gasteiger partial charge in [-0.3, -0.25) is 4.79 Å². The van der Waals surface area contributed by atoms with E-state index in [-0.39, 0.29) is 29.2 Å². The van der Waals surface area contributed by atoms with Crippen LogP contribution in [0.2, 0.25) is 5.02 Å². The first-order valence-electron chi connectivity index (χ1n) is 11.1. The Balaban J connectivity index is 1.60. The lowest BCUT2D eigenvalue weighted by molar-refractivity contribution is -0.117. The quantitative estimate of drug-likeness (QED) is 0.406. The van der Waals surface area contributed by atoms with Gasteiger partial charge < -0.3 is 23.6 Å². The van der Waals surface area contributed by atoms with Crippen LogP contribution in [0.3, 0.4) is 0 Å². The number of amides is 1. The zero-order chi connectivity index (χ0) is 24.2. The molecule has 2 heterocycles. The second-order valence-corrected chi connectivity index (χ2v) is 7.97. The highest BCUT2D eigenvalue weighted by Crippen LogP contribution is 2.42. The molecule has 34 heavy (non-hydrogen) atoms. The van der Waals surface area contributed by atoms with Crippen LogP contribution in [0.4, 0.5) is 10.1 Å². The summed E-state index contributed by atoms with van der Waals surface area (Å²) < 4.78 is 36.3. The molecule has 0 spiro atoms. The first kappa shape index (κ1) is 23.8. The number of halogens is 2. The SMILES string of the molecule is CCOc1cc(-c2nc(C3CC(=O)N(c4ccc(F)c(Cl)c4)C3)no2)cc(OCC)c1OCC. The van der Waals surface area contributed by atoms with Crippen molar-refractivity contribution in [1.29, 1.82) is 0 Å². The van der Waals surface area contributed by atoms with Crippen LogP contribution in [-0.2, 0) is 4.79 Å². The van der Waals surface area contributed by atoms with Crippen molar-refractivity contribution in [3.63, 3.8) is 0 Å². The Kier molecular flexibility index (Phi) is 7.21. The minimum atomic E-state index is -0.537. The number of ether oxygens (including phenoxy) is 3. The molecule has 3 aromatic rings. The second kappa shape index (κ2) is 10.3. The van der Waals surface area contributed by atoms with Crippen molar-refractivity contribution in [1.82, 2.24) is 10.1 Å². The summed E-state index contributed by atoms with van der Waals surface area (Å²) in [6.45, 7) is 7.31. The molecule has 0 aliphatic carbocycles. The number of rotatable bonds is 9. The van der Waals surface area contributed by atoms with Crippen molar-refractivity contribution in [2.45, 2.75) is 33.1 Å². The number of hydrogen-bond acceptors (Lipinski definition) is 7. The molecular weight excluding hydrogens is 465 g/mol. The van der Waals surface area contributed by atoms with Crippen LogP contribution in [0.1, 0.15) is 38.9 Å². The van der Waals surface area contributed by atoms with Crippen molar-refractivity contribution in [3.05, 3.63) is 47.0 Å². The first-order chi connectivity index (χ1) is 16.4. The lowest BCUT2D eigenvalue weighted by atomic mass is 10.1. The molecule has 1 amide bonds. The Morgan fingerprint density at radius 2 is 1.76 bits per heavy atom. The summed E-state index contributed by atoms with van der Waals surface area (Å²) in [7, 11) is 0. The van der Waals surface area contributed by atoms with Crippen LogP contribution >= 0.6 is 11.6 Å². The summed E-state index contributed by atoms with van der Waals surface area (Å²) in [5.41, 5.74) is 1.14. The maximum absolute atomic E-state index is 13.5. The average molecular weight is 490 g/mol. The molecule has 1 atom stereocenters.